The summed E-state index contributed by atoms with van der Waals surface area (Å²) in [5.41, 5.74) is 8.31. The van der Waals surface area contributed by atoms with Crippen molar-refractivity contribution in [2.24, 2.45) is 5.73 Å². The van der Waals surface area contributed by atoms with Gasteiger partial charge in [0.15, 0.2) is 0 Å². The summed E-state index contributed by atoms with van der Waals surface area (Å²) in [6, 6.07) is 6.25. The molecular formula is C43H58F2N8O8S2. The molecule has 16 nitrogen and oxygen atoms in total. The van der Waals surface area contributed by atoms with Crippen LogP contribution in [0.15, 0.2) is 48.8 Å². The second-order valence-electron chi connectivity index (χ2n) is 18.1. The van der Waals surface area contributed by atoms with Crippen molar-refractivity contribution in [2.75, 3.05) is 38.7 Å². The summed E-state index contributed by atoms with van der Waals surface area (Å²) in [5, 5.41) is 4.32. The number of amides is 3. The molecule has 8 rings (SSSR count). The molecule has 20 heteroatoms. The predicted octanol–water partition coefficient (Wildman–Crippen LogP) is 4.31. The van der Waals surface area contributed by atoms with Gasteiger partial charge in [0, 0.05) is 84.3 Å². The van der Waals surface area contributed by atoms with Crippen molar-refractivity contribution in [3.8, 4) is 0 Å². The molecule has 0 unspecified atom stereocenters. The number of aromatic nitrogens is 2. The van der Waals surface area contributed by atoms with Crippen molar-refractivity contribution < 1.29 is 44.7 Å². The molecule has 5 N–H and O–H groups in total. The van der Waals surface area contributed by atoms with Gasteiger partial charge in [-0.25, -0.2) is 30.4 Å². The zero-order valence-corrected chi connectivity index (χ0v) is 38.2. The van der Waals surface area contributed by atoms with Crippen LogP contribution in [0, 0.1) is 11.6 Å². The molecule has 0 spiro atoms. The number of aromatic amines is 2. The molecule has 63 heavy (non-hydrogen) atoms. The number of alkyl carbamates (subject to hydrolysis) is 1. The van der Waals surface area contributed by atoms with E-state index in [0.29, 0.717) is 56.4 Å². The van der Waals surface area contributed by atoms with Crippen LogP contribution in [0.2, 0.25) is 0 Å². The van der Waals surface area contributed by atoms with Gasteiger partial charge in [0.2, 0.25) is 31.9 Å². The number of hydrogen-bond donors (Lipinski definition) is 4. The molecule has 6 heterocycles. The lowest BCUT2D eigenvalue weighted by Gasteiger charge is -2.32. The number of fused-ring (bicyclic) bond motifs is 4. The molecule has 8 atom stereocenters. The summed E-state index contributed by atoms with van der Waals surface area (Å²) in [6.07, 6.45) is 7.27. The molecule has 344 valence electrons. The molecule has 4 fully saturated rings. The highest BCUT2D eigenvalue weighted by molar-refractivity contribution is 7.88. The Labute approximate surface area is 366 Å². The van der Waals surface area contributed by atoms with Crippen LogP contribution in [0.5, 0.6) is 0 Å². The topological polar surface area (TPSA) is 211 Å². The second kappa shape index (κ2) is 17.4. The minimum atomic E-state index is -3.52. The average molecular weight is 917 g/mol. The van der Waals surface area contributed by atoms with E-state index in [4.69, 9.17) is 10.5 Å². The first kappa shape index (κ1) is 46.4. The quantitative estimate of drug-likeness (QED) is 0.188. The number of H-pyrrole nitrogens is 2. The third-order valence-corrected chi connectivity index (χ3v) is 15.4. The van der Waals surface area contributed by atoms with Gasteiger partial charge in [-0.3, -0.25) is 9.59 Å². The van der Waals surface area contributed by atoms with Gasteiger partial charge in [-0.2, -0.15) is 8.61 Å². The molecule has 0 aliphatic carbocycles. The van der Waals surface area contributed by atoms with Gasteiger partial charge in [0.25, 0.3) is 0 Å². The average Bonchev–Trinajstić information content (AvgIpc) is 4.04. The molecule has 4 aliphatic heterocycles. The SMILES string of the molecule is CC[C@H](N)C(=O)N1CC[C@@H]2[C@H]1[C@H](c1c[nH]c3cc(F)ccc13)CN2S(C)(=O)=O.CC[C@H](NC(=O)OC(C)(C)C)C(=O)N1CC[C@@H]2[C@H]1[C@H](c1c[nH]c3cc(F)ccc13)CN2S(C)(=O)=O. The standard InChI is InChI=1S/C24H33FN4O5S.C19H25FN4O3S/c1-6-18(27-23(31)34-24(2,3)4)22(30)28-10-9-20-21(28)17(13-29(20)35(5,32)33)16-12-26-19-11-14(25)7-8-15(16)19;1-3-15(21)19(25)23-7-6-17-18(23)14(10-24(17)28(2,26)27)13-9-22-16-8-11(20)4-5-12(13)16/h7-8,11-12,17-18,20-21,26H,6,9-10,13H2,1-5H3,(H,27,31);4-5,8-9,14-15,17-18,22H,3,6-7,10,21H2,1-2H3/t17-,18-,20+,21+;14-,15-,17+,18+/m00/s1. The number of hydrogen-bond acceptors (Lipinski definition) is 9. The van der Waals surface area contributed by atoms with E-state index < -0.39 is 49.9 Å². The lowest BCUT2D eigenvalue weighted by molar-refractivity contribution is -0.135. The highest BCUT2D eigenvalue weighted by Gasteiger charge is 2.55. The first-order valence-electron chi connectivity index (χ1n) is 21.3. The van der Waals surface area contributed by atoms with Gasteiger partial charge in [0.1, 0.15) is 23.3 Å². The molecule has 0 bridgehead atoms. The van der Waals surface area contributed by atoms with E-state index in [-0.39, 0.29) is 60.0 Å². The van der Waals surface area contributed by atoms with Crippen molar-refractivity contribution in [3.05, 3.63) is 71.6 Å². The Balaban J connectivity index is 0.000000193. The smallest absolute Gasteiger partial charge is 0.408 e. The van der Waals surface area contributed by atoms with Crippen LogP contribution in [-0.4, -0.2) is 144 Å². The molecule has 2 aromatic carbocycles. The van der Waals surface area contributed by atoms with Crippen LogP contribution in [0.25, 0.3) is 21.8 Å². The van der Waals surface area contributed by atoms with Crippen molar-refractivity contribution in [2.45, 2.75) is 114 Å². The van der Waals surface area contributed by atoms with Gasteiger partial charge < -0.3 is 35.6 Å². The summed E-state index contributed by atoms with van der Waals surface area (Å²) < 4.78 is 85.7. The Kier molecular flexibility index (Phi) is 12.8. The summed E-state index contributed by atoms with van der Waals surface area (Å²) in [5.74, 6) is -1.62. The molecule has 4 aliphatic rings. The third kappa shape index (κ3) is 9.19. The number of carbonyl (C=O) groups is 3. The fraction of sp³-hybridized carbons (Fsp3) is 0.558. The van der Waals surface area contributed by atoms with Crippen LogP contribution in [0.4, 0.5) is 13.6 Å². The molecule has 0 saturated carbocycles. The predicted molar refractivity (Wildman–Crippen MR) is 235 cm³/mol. The number of nitrogens with zero attached hydrogens (tertiary/aromatic N) is 4. The van der Waals surface area contributed by atoms with E-state index >= 15 is 0 Å². The van der Waals surface area contributed by atoms with E-state index in [9.17, 15) is 40.0 Å². The summed E-state index contributed by atoms with van der Waals surface area (Å²) in [4.78, 5) is 48.5. The second-order valence-corrected chi connectivity index (χ2v) is 22.0. The molecular weight excluding hydrogens is 859 g/mol. The van der Waals surface area contributed by atoms with Gasteiger partial charge in [-0.05, 0) is 94.0 Å². The normalized spacial score (nSPS) is 25.2. The van der Waals surface area contributed by atoms with Gasteiger partial charge in [0.05, 0.1) is 30.6 Å². The van der Waals surface area contributed by atoms with Crippen LogP contribution in [0.1, 0.15) is 83.3 Å². The lowest BCUT2D eigenvalue weighted by Crippen LogP contribution is -2.52. The van der Waals surface area contributed by atoms with Gasteiger partial charge in [-0.15, -0.1) is 0 Å². The van der Waals surface area contributed by atoms with Crippen molar-refractivity contribution in [1.29, 1.82) is 0 Å². The highest BCUT2D eigenvalue weighted by atomic mass is 32.2. The van der Waals surface area contributed by atoms with Crippen LogP contribution in [-0.2, 0) is 34.4 Å². The number of nitrogens with two attached hydrogens (primary N) is 1. The molecule has 0 radical (unpaired) electrons. The highest BCUT2D eigenvalue weighted by Crippen LogP contribution is 2.46. The van der Waals surface area contributed by atoms with Crippen molar-refractivity contribution in [3.63, 3.8) is 0 Å². The molecule has 4 aromatic rings. The Morgan fingerprint density at radius 1 is 0.778 bits per heavy atom. The van der Waals surface area contributed by atoms with Crippen LogP contribution >= 0.6 is 0 Å². The fourth-order valence-electron chi connectivity index (χ4n) is 10.1. The third-order valence-electron chi connectivity index (χ3n) is 12.9. The maximum atomic E-state index is 13.8. The Bertz CT molecular complexity index is 2610. The maximum Gasteiger partial charge on any atom is 0.408 e. The van der Waals surface area contributed by atoms with Gasteiger partial charge in [-0.1, -0.05) is 13.8 Å². The minimum Gasteiger partial charge on any atom is -0.444 e. The molecule has 4 saturated heterocycles. The zero-order chi connectivity index (χ0) is 45.9. The van der Waals surface area contributed by atoms with E-state index in [1.807, 2.05) is 6.92 Å². The molecule has 2 aromatic heterocycles. The fourth-order valence-corrected chi connectivity index (χ4v) is 12.5. The number of ether oxygens (including phenoxy) is 1. The Morgan fingerprint density at radius 3 is 1.62 bits per heavy atom. The number of halogens is 2. The number of rotatable bonds is 9. The minimum absolute atomic E-state index is 0.138. The van der Waals surface area contributed by atoms with Crippen molar-refractivity contribution in [1.82, 2.24) is 33.7 Å². The Hall–Kier alpha value is -4.63. The van der Waals surface area contributed by atoms with Crippen LogP contribution < -0.4 is 11.1 Å². The van der Waals surface area contributed by atoms with E-state index in [1.54, 1.807) is 62.0 Å². The largest absolute Gasteiger partial charge is 0.444 e. The van der Waals surface area contributed by atoms with E-state index in [0.717, 1.165) is 21.9 Å². The monoisotopic (exact) mass is 916 g/mol. The Morgan fingerprint density at radius 2 is 1.22 bits per heavy atom. The first-order valence-corrected chi connectivity index (χ1v) is 25.0. The van der Waals surface area contributed by atoms with E-state index in [1.165, 1.54) is 45.4 Å². The number of likely N-dealkylation sites (tertiary alicyclic amines) is 2. The summed E-state index contributed by atoms with van der Waals surface area (Å²) >= 11 is 0. The number of nitrogens with one attached hydrogen (secondary N) is 3. The number of benzene rings is 2. The first-order chi connectivity index (χ1) is 29.5. The van der Waals surface area contributed by atoms with E-state index in [2.05, 4.69) is 15.3 Å². The maximum absolute atomic E-state index is 13.8. The zero-order valence-electron chi connectivity index (χ0n) is 36.6. The van der Waals surface area contributed by atoms with Crippen molar-refractivity contribution >= 4 is 59.8 Å². The number of carbonyl (C=O) groups excluding carboxylic acids is 3. The molecule has 3 amide bonds. The van der Waals surface area contributed by atoms with Gasteiger partial charge >= 0.3 is 6.09 Å². The number of sulfonamides is 2. The lowest BCUT2D eigenvalue weighted by atomic mass is 9.91. The summed E-state index contributed by atoms with van der Waals surface area (Å²) in [7, 11) is -6.94. The summed E-state index contributed by atoms with van der Waals surface area (Å²) in [6.45, 7) is 10.3. The van der Waals surface area contributed by atoms with Crippen LogP contribution in [0.3, 0.4) is 0 Å².